The number of hydrogen-bond donors (Lipinski definition) is 0. The van der Waals surface area contributed by atoms with E-state index in [0.717, 1.165) is 12.1 Å². The first-order chi connectivity index (χ1) is 11.1. The third-order valence-electron chi connectivity index (χ3n) is 4.09. The summed E-state index contributed by atoms with van der Waals surface area (Å²) in [7, 11) is 2.81. The number of hydrogen-bond acceptors (Lipinski definition) is 4. The van der Waals surface area contributed by atoms with Gasteiger partial charge < -0.3 is 14.5 Å². The van der Waals surface area contributed by atoms with E-state index in [1.807, 2.05) is 0 Å². The van der Waals surface area contributed by atoms with Gasteiger partial charge in [-0.25, -0.2) is 4.79 Å². The van der Waals surface area contributed by atoms with E-state index in [4.69, 9.17) is 22.2 Å². The van der Waals surface area contributed by atoms with E-state index in [2.05, 4.69) is 0 Å². The lowest BCUT2D eigenvalue weighted by Gasteiger charge is -2.27. The molecule has 1 aliphatic heterocycles. The van der Waals surface area contributed by atoms with Crippen molar-refractivity contribution < 1.29 is 22.7 Å². The van der Waals surface area contributed by atoms with Crippen LogP contribution in [0.15, 0.2) is 18.2 Å². The summed E-state index contributed by atoms with van der Waals surface area (Å²) in [4.78, 5) is 14.9. The molecule has 1 unspecified atom stereocenters. The van der Waals surface area contributed by atoms with Crippen LogP contribution in [-0.2, 0) is 15.7 Å². The largest absolute Gasteiger partial charge is 0.467 e. The van der Waals surface area contributed by atoms with Crippen molar-refractivity contribution in [3.8, 4) is 6.07 Å². The van der Waals surface area contributed by atoms with Gasteiger partial charge in [0.25, 0.3) is 0 Å². The molecule has 0 radical (unpaired) electrons. The molecular formula is C15H14F3N3O2S. The molecule has 1 aliphatic rings. The molecule has 0 N–H and O–H groups in total. The van der Waals surface area contributed by atoms with Crippen molar-refractivity contribution in [2.45, 2.75) is 18.6 Å². The lowest BCUT2D eigenvalue weighted by molar-refractivity contribution is -0.149. The number of nitrogens with zero attached hydrogens (tertiary/aromatic N) is 3. The number of carbonyl (C=O) groups excluding carboxylic acids is 1. The van der Waals surface area contributed by atoms with Crippen LogP contribution in [0.4, 0.5) is 18.9 Å². The van der Waals surface area contributed by atoms with E-state index in [1.165, 1.54) is 29.0 Å². The van der Waals surface area contributed by atoms with Crippen LogP contribution < -0.4 is 4.90 Å². The van der Waals surface area contributed by atoms with Gasteiger partial charge in [0.1, 0.15) is 0 Å². The van der Waals surface area contributed by atoms with E-state index in [-0.39, 0.29) is 17.3 Å². The number of esters is 1. The number of carbonyl (C=O) groups is 1. The fourth-order valence-corrected chi connectivity index (χ4v) is 2.90. The standard InChI is InChI=1S/C15H14F3N3O2S/c1-14(12(22)23-3)8-21(13(24)20(14)2)10-5-4-9(7-19)11(6-10)15(16,17)18/h4-6H,8H2,1-3H3. The molecule has 24 heavy (non-hydrogen) atoms. The van der Waals surface area contributed by atoms with Crippen molar-refractivity contribution in [2.24, 2.45) is 0 Å². The van der Waals surface area contributed by atoms with Crippen LogP contribution in [0.1, 0.15) is 18.1 Å². The highest BCUT2D eigenvalue weighted by Crippen LogP contribution is 2.37. The Kier molecular flexibility index (Phi) is 4.46. The minimum absolute atomic E-state index is 0.0399. The number of nitriles is 1. The predicted molar refractivity (Wildman–Crippen MR) is 84.3 cm³/mol. The van der Waals surface area contributed by atoms with Gasteiger partial charge in [-0.3, -0.25) is 0 Å². The molecule has 0 amide bonds. The predicted octanol–water partition coefficient (Wildman–Crippen LogP) is 2.55. The Labute approximate surface area is 142 Å². The zero-order chi connectivity index (χ0) is 18.3. The Morgan fingerprint density at radius 3 is 2.58 bits per heavy atom. The second-order valence-corrected chi connectivity index (χ2v) is 5.90. The first-order valence-corrected chi connectivity index (χ1v) is 7.22. The summed E-state index contributed by atoms with van der Waals surface area (Å²) in [6, 6.07) is 4.85. The Morgan fingerprint density at radius 1 is 1.46 bits per heavy atom. The van der Waals surface area contributed by atoms with Crippen molar-refractivity contribution >= 4 is 29.0 Å². The van der Waals surface area contributed by atoms with Crippen molar-refractivity contribution in [1.29, 1.82) is 5.26 Å². The number of ether oxygens (including phenoxy) is 1. The molecule has 0 aliphatic carbocycles. The van der Waals surface area contributed by atoms with Crippen LogP contribution in [0.3, 0.4) is 0 Å². The Balaban J connectivity index is 2.49. The van der Waals surface area contributed by atoms with Crippen molar-refractivity contribution in [3.63, 3.8) is 0 Å². The summed E-state index contributed by atoms with van der Waals surface area (Å²) in [5.74, 6) is -0.542. The number of anilines is 1. The average molecular weight is 357 g/mol. The number of rotatable bonds is 2. The highest BCUT2D eigenvalue weighted by atomic mass is 32.1. The van der Waals surface area contributed by atoms with E-state index in [9.17, 15) is 18.0 Å². The first kappa shape index (κ1) is 18.0. The van der Waals surface area contributed by atoms with E-state index >= 15 is 0 Å². The van der Waals surface area contributed by atoms with E-state index in [0.29, 0.717) is 0 Å². The number of benzene rings is 1. The normalized spacial score (nSPS) is 21.0. The molecule has 1 atom stereocenters. The molecule has 1 fully saturated rings. The fourth-order valence-electron chi connectivity index (χ4n) is 2.53. The SMILES string of the molecule is COC(=O)C1(C)CN(c2ccc(C#N)c(C(F)(F)F)c2)C(=S)N1C. The van der Waals surface area contributed by atoms with Gasteiger partial charge in [-0.1, -0.05) is 0 Å². The van der Waals surface area contributed by atoms with Crippen LogP contribution in [0.2, 0.25) is 0 Å². The smallest absolute Gasteiger partial charge is 0.417 e. The van der Waals surface area contributed by atoms with Crippen molar-refractivity contribution in [3.05, 3.63) is 29.3 Å². The third kappa shape index (κ3) is 2.78. The second-order valence-electron chi connectivity index (χ2n) is 5.53. The number of thiocarbonyl (C=S) groups is 1. The molecular weight excluding hydrogens is 343 g/mol. The monoisotopic (exact) mass is 357 g/mol. The molecule has 1 heterocycles. The number of methoxy groups -OCH3 is 1. The van der Waals surface area contributed by atoms with Crippen molar-refractivity contribution in [1.82, 2.24) is 4.90 Å². The lowest BCUT2D eigenvalue weighted by Crippen LogP contribution is -2.49. The molecule has 0 saturated carbocycles. The highest BCUT2D eigenvalue weighted by Gasteiger charge is 2.49. The molecule has 5 nitrogen and oxygen atoms in total. The Hall–Kier alpha value is -2.34. The molecule has 0 spiro atoms. The minimum Gasteiger partial charge on any atom is -0.467 e. The van der Waals surface area contributed by atoms with Crippen LogP contribution in [0.5, 0.6) is 0 Å². The lowest BCUT2D eigenvalue weighted by atomic mass is 10.0. The van der Waals surface area contributed by atoms with Gasteiger partial charge in [0, 0.05) is 12.7 Å². The fraction of sp³-hybridized carbons (Fsp3) is 0.400. The molecule has 0 aromatic heterocycles. The number of halogens is 3. The maximum absolute atomic E-state index is 13.1. The Bertz CT molecular complexity index is 744. The van der Waals surface area contributed by atoms with Gasteiger partial charge in [0.15, 0.2) is 10.7 Å². The summed E-state index contributed by atoms with van der Waals surface area (Å²) in [6.45, 7) is 1.64. The summed E-state index contributed by atoms with van der Waals surface area (Å²) in [6.07, 6.45) is -4.67. The summed E-state index contributed by atoms with van der Waals surface area (Å²) >= 11 is 5.26. The van der Waals surface area contributed by atoms with Gasteiger partial charge >= 0.3 is 12.1 Å². The molecule has 1 saturated heterocycles. The molecule has 1 aromatic rings. The summed E-state index contributed by atoms with van der Waals surface area (Å²) in [5.41, 5.74) is -2.47. The van der Waals surface area contributed by atoms with Gasteiger partial charge in [-0.2, -0.15) is 18.4 Å². The molecule has 1 aromatic carbocycles. The third-order valence-corrected chi connectivity index (χ3v) is 4.58. The first-order valence-electron chi connectivity index (χ1n) is 6.81. The number of likely N-dealkylation sites (N-methyl/N-ethyl adjacent to an activating group) is 1. The van der Waals surface area contributed by atoms with Gasteiger partial charge in [-0.15, -0.1) is 0 Å². The Morgan fingerprint density at radius 2 is 2.08 bits per heavy atom. The summed E-state index contributed by atoms with van der Waals surface area (Å²) < 4.78 is 44.1. The topological polar surface area (TPSA) is 56.6 Å². The molecule has 0 bridgehead atoms. The van der Waals surface area contributed by atoms with Crippen LogP contribution in [0.25, 0.3) is 0 Å². The van der Waals surface area contributed by atoms with Crippen LogP contribution >= 0.6 is 12.2 Å². The van der Waals surface area contributed by atoms with Gasteiger partial charge in [0.05, 0.1) is 30.9 Å². The van der Waals surface area contributed by atoms with Gasteiger partial charge in [-0.05, 0) is 37.3 Å². The van der Waals surface area contributed by atoms with E-state index < -0.39 is 28.8 Å². The van der Waals surface area contributed by atoms with Crippen LogP contribution in [-0.4, -0.2) is 42.2 Å². The highest BCUT2D eigenvalue weighted by molar-refractivity contribution is 7.80. The van der Waals surface area contributed by atoms with Crippen molar-refractivity contribution in [2.75, 3.05) is 25.6 Å². The zero-order valence-electron chi connectivity index (χ0n) is 13.1. The summed E-state index contributed by atoms with van der Waals surface area (Å²) in [5, 5.41) is 9.06. The van der Waals surface area contributed by atoms with E-state index in [1.54, 1.807) is 14.0 Å². The van der Waals surface area contributed by atoms with Crippen LogP contribution in [0, 0.1) is 11.3 Å². The maximum atomic E-state index is 13.1. The maximum Gasteiger partial charge on any atom is 0.417 e. The molecule has 2 rings (SSSR count). The minimum atomic E-state index is -4.67. The second kappa shape index (κ2) is 5.94. The zero-order valence-corrected chi connectivity index (χ0v) is 14.0. The molecule has 128 valence electrons. The quantitative estimate of drug-likeness (QED) is 0.599. The molecule has 9 heteroatoms. The average Bonchev–Trinajstić information content (AvgIpc) is 2.78. The van der Waals surface area contributed by atoms with Gasteiger partial charge in [0.2, 0.25) is 0 Å². The number of alkyl halides is 3.